The molecule has 152 valence electrons. The predicted octanol–water partition coefficient (Wildman–Crippen LogP) is 5.46. The molecule has 7 heteroatoms. The molecule has 0 heterocycles. The first-order valence-corrected chi connectivity index (χ1v) is 24.3. The summed E-state index contributed by atoms with van der Waals surface area (Å²) in [6, 6.07) is 0. The monoisotopic (exact) mass is 420 g/mol. The van der Waals surface area contributed by atoms with Crippen LogP contribution in [0.2, 0.25) is 58.9 Å². The van der Waals surface area contributed by atoms with E-state index in [1.54, 1.807) is 0 Å². The first-order valence-electron chi connectivity index (χ1n) is 9.77. The van der Waals surface area contributed by atoms with E-state index in [1.807, 2.05) is 0 Å². The van der Waals surface area contributed by atoms with Crippen molar-refractivity contribution in [2.24, 2.45) is 5.41 Å². The largest absolute Gasteiger partial charge is 0.416 e. The van der Waals surface area contributed by atoms with Gasteiger partial charge in [-0.05, 0) is 45.8 Å². The highest BCUT2D eigenvalue weighted by Gasteiger charge is 2.63. The minimum atomic E-state index is -1.95. The maximum atomic E-state index is 7.05. The highest BCUT2D eigenvalue weighted by atomic mass is 29.6. The topological polar surface area (TPSA) is 33.3 Å². The van der Waals surface area contributed by atoms with Crippen molar-refractivity contribution in [3.63, 3.8) is 0 Å². The van der Waals surface area contributed by atoms with Crippen LogP contribution in [0.1, 0.15) is 41.5 Å². The molecule has 0 radical (unpaired) electrons. The van der Waals surface area contributed by atoms with E-state index in [1.165, 1.54) is 0 Å². The first kappa shape index (κ1) is 25.7. The van der Waals surface area contributed by atoms with Crippen LogP contribution < -0.4 is 10.5 Å². The van der Waals surface area contributed by atoms with Crippen LogP contribution in [-0.4, -0.2) is 42.0 Å². The van der Waals surface area contributed by atoms with Crippen LogP contribution in [0.15, 0.2) is 0 Å². The van der Waals surface area contributed by atoms with Crippen molar-refractivity contribution < 1.29 is 4.43 Å². The fourth-order valence-corrected chi connectivity index (χ4v) is 51.3. The van der Waals surface area contributed by atoms with Gasteiger partial charge in [0.15, 0.2) is 15.6 Å². The van der Waals surface area contributed by atoms with Crippen LogP contribution in [0.4, 0.5) is 0 Å². The van der Waals surface area contributed by atoms with Crippen molar-refractivity contribution in [3.05, 3.63) is 0 Å². The summed E-state index contributed by atoms with van der Waals surface area (Å²) in [4.78, 5) is 0. The Morgan fingerprint density at radius 1 is 0.680 bits per heavy atom. The Balaban J connectivity index is 6.56. The van der Waals surface area contributed by atoms with Gasteiger partial charge in [-0.3, -0.25) is 10.5 Å². The van der Waals surface area contributed by atoms with Gasteiger partial charge in [0.1, 0.15) is 0 Å². The minimum absolute atomic E-state index is 0.0547. The van der Waals surface area contributed by atoms with Crippen LogP contribution in [0.5, 0.6) is 0 Å². The normalized spacial score (nSPS) is 16.9. The van der Waals surface area contributed by atoms with Gasteiger partial charge < -0.3 is 4.43 Å². The van der Waals surface area contributed by atoms with E-state index in [2.05, 4.69) is 111 Å². The number of nitrogens with one attached hydrogen (secondary N) is 2. The highest BCUT2D eigenvalue weighted by molar-refractivity contribution is 7.68. The highest BCUT2D eigenvalue weighted by Crippen LogP contribution is 2.40. The van der Waals surface area contributed by atoms with Gasteiger partial charge in [0.05, 0.1) is 20.9 Å². The van der Waals surface area contributed by atoms with Gasteiger partial charge >= 0.3 is 0 Å². The first-order chi connectivity index (χ1) is 10.5. The molecule has 0 fully saturated rings. The zero-order valence-corrected chi connectivity index (χ0v) is 24.0. The Hall–Kier alpha value is 0.748. The van der Waals surface area contributed by atoms with E-state index in [4.69, 9.17) is 4.43 Å². The van der Waals surface area contributed by atoms with Gasteiger partial charge in [-0.15, -0.1) is 0 Å². The van der Waals surface area contributed by atoms with E-state index in [0.717, 1.165) is 0 Å². The molecule has 0 aliphatic carbocycles. The lowest BCUT2D eigenvalue weighted by Gasteiger charge is -2.59. The molecule has 0 aromatic carbocycles. The summed E-state index contributed by atoms with van der Waals surface area (Å²) in [7, 11) is -6.66. The predicted molar refractivity (Wildman–Crippen MR) is 126 cm³/mol. The number of rotatable bonds is 7. The number of hydrogen-bond donors (Lipinski definition) is 2. The molecule has 3 nitrogen and oxygen atoms in total. The summed E-state index contributed by atoms with van der Waals surface area (Å²) in [6.07, 6.45) is 0. The Bertz CT molecular complexity index is 420. The molecule has 0 amide bonds. The van der Waals surface area contributed by atoms with Crippen LogP contribution in [0.3, 0.4) is 0 Å². The van der Waals surface area contributed by atoms with Crippen molar-refractivity contribution in [1.82, 2.24) is 10.5 Å². The van der Waals surface area contributed by atoms with Gasteiger partial charge in [0, 0.05) is 5.54 Å². The van der Waals surface area contributed by atoms with Crippen LogP contribution in [-0.2, 0) is 4.43 Å². The fourth-order valence-electron chi connectivity index (χ4n) is 3.91. The number of hydrazine groups is 1. The standard InChI is InChI=1S/C18H48N2OSi4/c1-17(2,3)16(21-22(7,8)9)25(23(10,11)12,24(13,14)15)20-19-18(4,5)6/h16,19-20H,1-15H3. The van der Waals surface area contributed by atoms with Gasteiger partial charge in [0.2, 0.25) is 0 Å². The molecule has 0 rings (SSSR count). The maximum Gasteiger partial charge on any atom is 0.183 e. The molecule has 2 N–H and O–H groups in total. The molecule has 0 saturated heterocycles. The summed E-state index contributed by atoms with van der Waals surface area (Å²) < 4.78 is 7.05. The van der Waals surface area contributed by atoms with E-state index in [9.17, 15) is 0 Å². The third-order valence-electron chi connectivity index (χ3n) is 4.65. The zero-order chi connectivity index (χ0) is 20.7. The van der Waals surface area contributed by atoms with Crippen LogP contribution in [0.25, 0.3) is 0 Å². The molecule has 0 saturated carbocycles. The van der Waals surface area contributed by atoms with Crippen molar-refractivity contribution in [3.8, 4) is 0 Å². The van der Waals surface area contributed by atoms with Crippen LogP contribution in [0, 0.1) is 5.41 Å². The molecule has 0 aromatic heterocycles. The average molecular weight is 421 g/mol. The Kier molecular flexibility index (Phi) is 7.87. The average Bonchev–Trinajstić information content (AvgIpc) is 2.19. The second-order valence-electron chi connectivity index (χ2n) is 12.8. The lowest BCUT2D eigenvalue weighted by Crippen LogP contribution is -2.89. The lowest BCUT2D eigenvalue weighted by molar-refractivity contribution is 0.140. The Labute approximate surface area is 162 Å². The molecule has 0 spiro atoms. The Morgan fingerprint density at radius 2 is 1.04 bits per heavy atom. The lowest BCUT2D eigenvalue weighted by atomic mass is 9.98. The molecular formula is C18H48N2OSi4. The van der Waals surface area contributed by atoms with Crippen molar-refractivity contribution >= 4 is 30.8 Å². The molecule has 25 heavy (non-hydrogen) atoms. The fraction of sp³-hybridized carbons (Fsp3) is 1.00. The molecule has 1 atom stereocenters. The van der Waals surface area contributed by atoms with E-state index in [-0.39, 0.29) is 11.0 Å². The number of hydrogen-bond acceptors (Lipinski definition) is 3. The van der Waals surface area contributed by atoms with Gasteiger partial charge in [-0.25, -0.2) is 0 Å². The van der Waals surface area contributed by atoms with Crippen molar-refractivity contribution in [1.29, 1.82) is 0 Å². The summed E-state index contributed by atoms with van der Waals surface area (Å²) >= 11 is 0. The smallest absolute Gasteiger partial charge is 0.183 e. The van der Waals surface area contributed by atoms with E-state index in [0.29, 0.717) is 5.73 Å². The quantitative estimate of drug-likeness (QED) is 0.423. The third kappa shape index (κ3) is 7.01. The second kappa shape index (κ2) is 7.64. The Morgan fingerprint density at radius 3 is 1.24 bits per heavy atom. The van der Waals surface area contributed by atoms with Crippen molar-refractivity contribution in [2.45, 2.75) is 112 Å². The summed E-state index contributed by atoms with van der Waals surface area (Å²) in [5.74, 6) is 0. The SMILES string of the molecule is CC(C)(C)NN[Si](C(O[Si](C)(C)C)C(C)(C)C)([Si](C)(C)C)[Si](C)(C)C. The summed E-state index contributed by atoms with van der Waals surface area (Å²) in [6.45, 7) is 36.4. The third-order valence-corrected chi connectivity index (χ3v) is 42.9. The van der Waals surface area contributed by atoms with E-state index >= 15 is 0 Å². The summed E-state index contributed by atoms with van der Waals surface area (Å²) in [5, 5.41) is 4.09. The van der Waals surface area contributed by atoms with E-state index < -0.39 is 30.8 Å². The molecule has 0 aromatic rings. The zero-order valence-electron chi connectivity index (χ0n) is 20.0. The molecule has 0 aliphatic rings. The molecule has 0 aliphatic heterocycles. The maximum absolute atomic E-state index is 7.05. The van der Waals surface area contributed by atoms with Gasteiger partial charge in [-0.1, -0.05) is 60.1 Å². The molecule has 1 unspecified atom stereocenters. The van der Waals surface area contributed by atoms with Gasteiger partial charge in [-0.2, -0.15) is 0 Å². The molecular weight excluding hydrogens is 373 g/mol. The minimum Gasteiger partial charge on any atom is -0.416 e. The molecule has 0 bridgehead atoms. The van der Waals surface area contributed by atoms with Crippen LogP contribution >= 0.6 is 0 Å². The van der Waals surface area contributed by atoms with Crippen molar-refractivity contribution in [2.75, 3.05) is 0 Å². The van der Waals surface area contributed by atoms with Gasteiger partial charge in [0.25, 0.3) is 0 Å². The summed E-state index contributed by atoms with van der Waals surface area (Å²) in [5.41, 5.74) is 4.26. The second-order valence-corrected chi connectivity index (χ2v) is 43.9.